The summed E-state index contributed by atoms with van der Waals surface area (Å²) < 4.78 is 39.1. The van der Waals surface area contributed by atoms with Gasteiger partial charge in [0.05, 0.1) is 11.5 Å². The summed E-state index contributed by atoms with van der Waals surface area (Å²) in [5, 5.41) is 0. The molecule has 1 unspecified atom stereocenters. The number of nitrogens with zero attached hydrogens (tertiary/aromatic N) is 2. The Labute approximate surface area is 179 Å². The van der Waals surface area contributed by atoms with Gasteiger partial charge in [-0.1, -0.05) is 39.5 Å². The zero-order chi connectivity index (χ0) is 21.0. The van der Waals surface area contributed by atoms with Crippen LogP contribution in [0.5, 0.6) is 0 Å². The zero-order valence-corrected chi connectivity index (χ0v) is 17.9. The highest BCUT2D eigenvalue weighted by Crippen LogP contribution is 2.55. The van der Waals surface area contributed by atoms with E-state index in [4.69, 9.17) is 4.74 Å². The van der Waals surface area contributed by atoms with Gasteiger partial charge < -0.3 is 14.5 Å². The van der Waals surface area contributed by atoms with E-state index in [1.54, 1.807) is 12.1 Å². The van der Waals surface area contributed by atoms with Crippen LogP contribution in [0.1, 0.15) is 32.4 Å². The maximum atomic E-state index is 11.6. The van der Waals surface area contributed by atoms with Gasteiger partial charge in [0.15, 0.2) is 5.72 Å². The molecule has 0 amide bonds. The van der Waals surface area contributed by atoms with Crippen molar-refractivity contribution in [2.75, 3.05) is 37.0 Å². The minimum Gasteiger partial charge on any atom is -0.378 e. The second kappa shape index (κ2) is 7.41. The van der Waals surface area contributed by atoms with Crippen molar-refractivity contribution in [3.63, 3.8) is 0 Å². The molecule has 2 aliphatic heterocycles. The van der Waals surface area contributed by atoms with Crippen molar-refractivity contribution >= 4 is 27.6 Å². The number of hydrogen-bond acceptors (Lipinski definition) is 5. The lowest BCUT2D eigenvalue weighted by Crippen LogP contribution is -2.51. The van der Waals surface area contributed by atoms with Crippen LogP contribution in [-0.2, 0) is 20.3 Å². The van der Waals surface area contributed by atoms with Crippen LogP contribution in [0.15, 0.2) is 53.4 Å². The van der Waals surface area contributed by atoms with Crippen LogP contribution in [0.4, 0.5) is 11.4 Å². The lowest BCUT2D eigenvalue weighted by Gasteiger charge is -2.39. The number of benzene rings is 2. The van der Waals surface area contributed by atoms with Gasteiger partial charge in [0.1, 0.15) is 0 Å². The van der Waals surface area contributed by atoms with Crippen molar-refractivity contribution < 1.29 is 17.7 Å². The molecular formula is C23H30N2O4S. The normalized spacial score (nSPS) is 22.0. The Morgan fingerprint density at radius 2 is 1.80 bits per heavy atom. The molecule has 1 atom stereocenters. The Kier molecular flexibility index (Phi) is 5.52. The molecule has 0 spiro atoms. The molecule has 162 valence electrons. The number of ether oxygens (including phenoxy) is 1. The maximum Gasteiger partial charge on any atom is 0.294 e. The molecule has 0 aliphatic carbocycles. The first-order valence-corrected chi connectivity index (χ1v) is 11.0. The topological polar surface area (TPSA) is 70.1 Å². The third-order valence-electron chi connectivity index (χ3n) is 6.07. The Hall–Kier alpha value is -2.35. The van der Waals surface area contributed by atoms with E-state index in [-0.39, 0.29) is 12.3 Å². The number of anilines is 2. The van der Waals surface area contributed by atoms with Crippen molar-refractivity contribution in [1.29, 1.82) is 0 Å². The molecule has 6 nitrogen and oxygen atoms in total. The molecule has 1 fully saturated rings. The highest BCUT2D eigenvalue weighted by atomic mass is 32.2. The summed E-state index contributed by atoms with van der Waals surface area (Å²) >= 11 is 0. The molecule has 2 aromatic rings. The summed E-state index contributed by atoms with van der Waals surface area (Å²) in [5.74, 6) is 0. The van der Waals surface area contributed by atoms with E-state index in [2.05, 4.69) is 46.2 Å². The maximum absolute atomic E-state index is 11.6. The number of rotatable bonds is 4. The Morgan fingerprint density at radius 3 is 2.40 bits per heavy atom. The monoisotopic (exact) mass is 430 g/mol. The molecule has 2 heterocycles. The van der Waals surface area contributed by atoms with E-state index in [0.717, 1.165) is 22.5 Å². The predicted molar refractivity (Wildman–Crippen MR) is 122 cm³/mol. The van der Waals surface area contributed by atoms with E-state index < -0.39 is 21.3 Å². The van der Waals surface area contributed by atoms with Crippen LogP contribution in [0.25, 0.3) is 6.08 Å². The molecular weight excluding hydrogens is 400 g/mol. The second-order valence-corrected chi connectivity index (χ2v) is 9.72. The van der Waals surface area contributed by atoms with Crippen molar-refractivity contribution in [2.45, 2.75) is 37.3 Å². The van der Waals surface area contributed by atoms with Gasteiger partial charge in [-0.25, -0.2) is 0 Å². The van der Waals surface area contributed by atoms with Gasteiger partial charge in [-0.15, -0.1) is 0 Å². The molecule has 1 N–H and O–H groups in total. The predicted octanol–water partition coefficient (Wildman–Crippen LogP) is 4.17. The average Bonchev–Trinajstić information content (AvgIpc) is 3.17. The molecule has 30 heavy (non-hydrogen) atoms. The lowest BCUT2D eigenvalue weighted by molar-refractivity contribution is 0.000291. The van der Waals surface area contributed by atoms with Crippen LogP contribution < -0.4 is 9.80 Å². The fourth-order valence-corrected chi connectivity index (χ4v) is 4.90. The summed E-state index contributed by atoms with van der Waals surface area (Å²) in [6.07, 6.45) is 4.12. The molecule has 0 aromatic heterocycles. The quantitative estimate of drug-likeness (QED) is 0.734. The van der Waals surface area contributed by atoms with Gasteiger partial charge in [-0.2, -0.15) is 8.42 Å². The van der Waals surface area contributed by atoms with Crippen molar-refractivity contribution in [3.05, 3.63) is 59.7 Å². The molecule has 7 heteroatoms. The zero-order valence-electron chi connectivity index (χ0n) is 17.1. The fourth-order valence-electron chi connectivity index (χ4n) is 4.40. The fraction of sp³-hybridized carbons (Fsp3) is 0.391. The minimum absolute atomic E-state index is 0. The van der Waals surface area contributed by atoms with Gasteiger partial charge in [0.2, 0.25) is 0 Å². The molecule has 2 aromatic carbocycles. The molecule has 0 bridgehead atoms. The van der Waals surface area contributed by atoms with Gasteiger partial charge >= 0.3 is 0 Å². The minimum atomic E-state index is -4.27. The van der Waals surface area contributed by atoms with E-state index in [1.807, 2.05) is 27.9 Å². The van der Waals surface area contributed by atoms with Crippen LogP contribution >= 0.6 is 0 Å². The summed E-state index contributed by atoms with van der Waals surface area (Å²) in [5.41, 5.74) is 2.75. The lowest BCUT2D eigenvalue weighted by atomic mass is 9.77. The summed E-state index contributed by atoms with van der Waals surface area (Å²) in [4.78, 5) is 4.14. The van der Waals surface area contributed by atoms with Crippen LogP contribution in [0.3, 0.4) is 0 Å². The van der Waals surface area contributed by atoms with Crippen molar-refractivity contribution in [3.8, 4) is 0 Å². The van der Waals surface area contributed by atoms with Crippen molar-refractivity contribution in [1.82, 2.24) is 0 Å². The summed E-state index contributed by atoms with van der Waals surface area (Å²) in [6.45, 7) is 5.40. The van der Waals surface area contributed by atoms with Crippen molar-refractivity contribution in [2.24, 2.45) is 0 Å². The smallest absolute Gasteiger partial charge is 0.294 e. The first kappa shape index (κ1) is 22.3. The van der Waals surface area contributed by atoms with Gasteiger partial charge in [-0.3, -0.25) is 4.55 Å². The average molecular weight is 431 g/mol. The van der Waals surface area contributed by atoms with Crippen LogP contribution in [0, 0.1) is 0 Å². The summed E-state index contributed by atoms with van der Waals surface area (Å²) in [6, 6.07) is 13.0. The first-order chi connectivity index (χ1) is 13.6. The van der Waals surface area contributed by atoms with Crippen LogP contribution in [-0.4, -0.2) is 45.9 Å². The molecule has 2 aliphatic rings. The van der Waals surface area contributed by atoms with Gasteiger partial charge in [0, 0.05) is 37.4 Å². The van der Waals surface area contributed by atoms with E-state index in [0.29, 0.717) is 13.2 Å². The van der Waals surface area contributed by atoms with Crippen LogP contribution in [0.2, 0.25) is 0 Å². The Morgan fingerprint density at radius 1 is 1.13 bits per heavy atom. The third-order valence-corrected chi connectivity index (χ3v) is 6.92. The number of fused-ring (bicyclic) bond motifs is 3. The van der Waals surface area contributed by atoms with E-state index in [9.17, 15) is 13.0 Å². The molecule has 4 rings (SSSR count). The molecule has 0 saturated carbocycles. The van der Waals surface area contributed by atoms with E-state index in [1.165, 1.54) is 6.07 Å². The van der Waals surface area contributed by atoms with Gasteiger partial charge in [0.25, 0.3) is 10.1 Å². The van der Waals surface area contributed by atoms with Gasteiger partial charge in [-0.05, 0) is 47.5 Å². The second-order valence-electron chi connectivity index (χ2n) is 8.29. The number of hydrogen-bond donors (Lipinski definition) is 1. The Balaban J connectivity index is 0.00000256. The largest absolute Gasteiger partial charge is 0.378 e. The molecule has 0 radical (unpaired) electrons. The first-order valence-electron chi connectivity index (χ1n) is 9.56. The molecule has 1 saturated heterocycles. The summed E-state index contributed by atoms with van der Waals surface area (Å²) in [7, 11) is -0.252. The Bertz CT molecular complexity index is 1070. The highest BCUT2D eigenvalue weighted by Gasteiger charge is 2.59. The third kappa shape index (κ3) is 3.31. The van der Waals surface area contributed by atoms with E-state index >= 15 is 0 Å². The highest BCUT2D eigenvalue weighted by molar-refractivity contribution is 7.85. The SMILES string of the molecule is C.CN(C)c1ccc(C=CC23OCCN2c2ccc(S(=O)(=O)O)cc2C3(C)C)cc1. The standard InChI is InChI=1S/C22H26N2O4S.CH4/c1-21(2)19-15-18(29(25,26)27)9-10-20(19)24-13-14-28-22(21,24)12-11-16-5-7-17(8-6-16)23(3)4;/h5-12,15H,13-14H2,1-4H3,(H,25,26,27);1H4.